The van der Waals surface area contributed by atoms with Crippen LogP contribution in [0.15, 0.2) is 36.7 Å². The highest BCUT2D eigenvalue weighted by molar-refractivity contribution is 6.30. The number of halogens is 1. The molecule has 146 valence electrons. The van der Waals surface area contributed by atoms with Crippen LogP contribution >= 0.6 is 11.6 Å². The van der Waals surface area contributed by atoms with E-state index >= 15 is 0 Å². The zero-order valence-electron chi connectivity index (χ0n) is 16.0. The third-order valence-electron chi connectivity index (χ3n) is 5.14. The van der Waals surface area contributed by atoms with Gasteiger partial charge in [-0.25, -0.2) is 0 Å². The fourth-order valence-electron chi connectivity index (χ4n) is 3.73. The van der Waals surface area contributed by atoms with Gasteiger partial charge < -0.3 is 10.6 Å². The van der Waals surface area contributed by atoms with E-state index in [9.17, 15) is 4.79 Å². The predicted molar refractivity (Wildman–Crippen MR) is 108 cm³/mol. The number of carbonyl (C=O) groups excluding carboxylic acids is 1. The Labute approximate surface area is 165 Å². The third kappa shape index (κ3) is 5.31. The van der Waals surface area contributed by atoms with Crippen molar-refractivity contribution >= 4 is 17.5 Å². The number of aryl methyl sites for hydroxylation is 1. The van der Waals surface area contributed by atoms with Gasteiger partial charge in [-0.3, -0.25) is 14.4 Å². The molecule has 1 aromatic heterocycles. The molecule has 1 amide bonds. The number of rotatable bonds is 7. The number of benzene rings is 1. The molecule has 3 rings (SSSR count). The summed E-state index contributed by atoms with van der Waals surface area (Å²) in [6, 6.07) is 7.97. The Kier molecular flexibility index (Phi) is 6.88. The van der Waals surface area contributed by atoms with Gasteiger partial charge in [0.15, 0.2) is 0 Å². The molecule has 0 radical (unpaired) electrons. The van der Waals surface area contributed by atoms with Crippen LogP contribution < -0.4 is 10.6 Å². The Morgan fingerprint density at radius 1 is 1.41 bits per heavy atom. The van der Waals surface area contributed by atoms with E-state index in [1.165, 1.54) is 18.4 Å². The second-order valence-corrected chi connectivity index (χ2v) is 7.60. The lowest BCUT2D eigenvalue weighted by Gasteiger charge is -2.36. The van der Waals surface area contributed by atoms with E-state index < -0.39 is 0 Å². The fraction of sp³-hybridized carbons (Fsp3) is 0.500. The number of hydrogen-bond donors (Lipinski definition) is 2. The van der Waals surface area contributed by atoms with Crippen molar-refractivity contribution in [2.45, 2.75) is 37.9 Å². The van der Waals surface area contributed by atoms with Crippen LogP contribution in [0.2, 0.25) is 5.02 Å². The van der Waals surface area contributed by atoms with Crippen LogP contribution in [0.25, 0.3) is 0 Å². The Morgan fingerprint density at radius 3 is 2.96 bits per heavy atom. The minimum Gasteiger partial charge on any atom is -0.353 e. The number of nitrogens with one attached hydrogen (secondary N) is 2. The van der Waals surface area contributed by atoms with Gasteiger partial charge in [-0.05, 0) is 44.1 Å². The summed E-state index contributed by atoms with van der Waals surface area (Å²) in [5.74, 6) is -0.0150. The van der Waals surface area contributed by atoms with E-state index in [2.05, 4.69) is 26.7 Å². The van der Waals surface area contributed by atoms with E-state index in [4.69, 9.17) is 11.6 Å². The molecule has 2 aromatic rings. The molecule has 1 saturated heterocycles. The Hall–Kier alpha value is -1.89. The molecule has 2 N–H and O–H groups in total. The van der Waals surface area contributed by atoms with Gasteiger partial charge in [0.2, 0.25) is 5.91 Å². The molecule has 7 heteroatoms. The first-order valence-corrected chi connectivity index (χ1v) is 9.86. The molecule has 1 aliphatic rings. The van der Waals surface area contributed by atoms with Crippen LogP contribution in [0.5, 0.6) is 0 Å². The van der Waals surface area contributed by atoms with E-state index in [0.717, 1.165) is 30.1 Å². The summed E-state index contributed by atoms with van der Waals surface area (Å²) in [7, 11) is 3.65. The number of carbonyl (C=O) groups is 1. The van der Waals surface area contributed by atoms with Crippen LogP contribution in [0.4, 0.5) is 0 Å². The summed E-state index contributed by atoms with van der Waals surface area (Å²) in [4.78, 5) is 15.1. The monoisotopic (exact) mass is 389 g/mol. The van der Waals surface area contributed by atoms with Gasteiger partial charge in [0.25, 0.3) is 0 Å². The first-order valence-electron chi connectivity index (χ1n) is 9.49. The fourth-order valence-corrected chi connectivity index (χ4v) is 3.94. The number of aromatic nitrogens is 2. The average Bonchev–Trinajstić information content (AvgIpc) is 3.07. The summed E-state index contributed by atoms with van der Waals surface area (Å²) in [5.41, 5.74) is 2.08. The zero-order chi connectivity index (χ0) is 19.2. The van der Waals surface area contributed by atoms with Gasteiger partial charge in [-0.15, -0.1) is 0 Å². The highest BCUT2D eigenvalue weighted by atomic mass is 35.5. The molecule has 0 spiro atoms. The highest BCUT2D eigenvalue weighted by Crippen LogP contribution is 2.21. The molecule has 27 heavy (non-hydrogen) atoms. The van der Waals surface area contributed by atoms with E-state index in [0.29, 0.717) is 12.6 Å². The van der Waals surface area contributed by atoms with Crippen molar-refractivity contribution in [1.82, 2.24) is 25.3 Å². The minimum atomic E-state index is -0.385. The summed E-state index contributed by atoms with van der Waals surface area (Å²) < 4.78 is 1.71. The molecule has 1 aromatic carbocycles. The Balaban J connectivity index is 1.59. The van der Waals surface area contributed by atoms with Gasteiger partial charge >= 0.3 is 0 Å². The topological polar surface area (TPSA) is 62.2 Å². The Bertz CT molecular complexity index is 762. The van der Waals surface area contributed by atoms with Crippen molar-refractivity contribution in [3.8, 4) is 0 Å². The maximum absolute atomic E-state index is 12.7. The van der Waals surface area contributed by atoms with Crippen LogP contribution in [-0.2, 0) is 18.4 Å². The maximum atomic E-state index is 12.7. The third-order valence-corrected chi connectivity index (χ3v) is 5.38. The number of hydrogen-bond acceptors (Lipinski definition) is 4. The van der Waals surface area contributed by atoms with Crippen molar-refractivity contribution in [1.29, 1.82) is 0 Å². The van der Waals surface area contributed by atoms with E-state index in [1.807, 2.05) is 31.4 Å². The number of piperidine rings is 1. The van der Waals surface area contributed by atoms with Crippen LogP contribution in [0, 0.1) is 0 Å². The molecule has 2 heterocycles. The predicted octanol–water partition coefficient (Wildman–Crippen LogP) is 2.50. The largest absolute Gasteiger partial charge is 0.353 e. The summed E-state index contributed by atoms with van der Waals surface area (Å²) >= 11 is 6.12. The Morgan fingerprint density at radius 2 is 2.26 bits per heavy atom. The summed E-state index contributed by atoms with van der Waals surface area (Å²) in [6.07, 6.45) is 7.09. The molecule has 0 aliphatic carbocycles. The van der Waals surface area contributed by atoms with Crippen molar-refractivity contribution in [2.24, 2.45) is 7.05 Å². The SMILES string of the molecule is CNC(C(=O)NCC1CCCCN1Cc1cccc(Cl)c1)c1cnn(C)c1. The molecular weight excluding hydrogens is 362 g/mol. The number of likely N-dealkylation sites (tertiary alicyclic amines) is 1. The molecule has 1 aliphatic heterocycles. The number of amides is 1. The van der Waals surface area contributed by atoms with E-state index in [1.54, 1.807) is 17.9 Å². The average molecular weight is 390 g/mol. The minimum absolute atomic E-state index is 0.0150. The van der Waals surface area contributed by atoms with Gasteiger partial charge in [-0.2, -0.15) is 5.10 Å². The van der Waals surface area contributed by atoms with Crippen molar-refractivity contribution < 1.29 is 4.79 Å². The lowest BCUT2D eigenvalue weighted by molar-refractivity contribution is -0.123. The second kappa shape index (κ2) is 9.35. The molecule has 0 bridgehead atoms. The summed E-state index contributed by atoms with van der Waals surface area (Å²) in [5, 5.41) is 11.1. The maximum Gasteiger partial charge on any atom is 0.241 e. The zero-order valence-corrected chi connectivity index (χ0v) is 16.7. The highest BCUT2D eigenvalue weighted by Gasteiger charge is 2.25. The molecule has 1 fully saturated rings. The smallest absolute Gasteiger partial charge is 0.241 e. The van der Waals surface area contributed by atoms with Gasteiger partial charge in [0.1, 0.15) is 6.04 Å². The molecule has 2 atom stereocenters. The number of nitrogens with zero attached hydrogens (tertiary/aromatic N) is 3. The van der Waals surface area contributed by atoms with Gasteiger partial charge in [-0.1, -0.05) is 30.2 Å². The van der Waals surface area contributed by atoms with Crippen molar-refractivity contribution in [2.75, 3.05) is 20.1 Å². The van der Waals surface area contributed by atoms with Crippen LogP contribution in [0.3, 0.4) is 0 Å². The quantitative estimate of drug-likeness (QED) is 0.763. The normalized spacial score (nSPS) is 19.0. The lowest BCUT2D eigenvalue weighted by Crippen LogP contribution is -2.48. The molecule has 2 unspecified atom stereocenters. The van der Waals surface area contributed by atoms with Crippen molar-refractivity contribution in [3.63, 3.8) is 0 Å². The van der Waals surface area contributed by atoms with Crippen LogP contribution in [-0.4, -0.2) is 46.8 Å². The number of likely N-dealkylation sites (N-methyl/N-ethyl adjacent to an activating group) is 1. The summed E-state index contributed by atoms with van der Waals surface area (Å²) in [6.45, 7) is 2.56. The molecular formula is C20H28ClN5O. The molecule has 0 saturated carbocycles. The standard InChI is InChI=1S/C20H28ClN5O/c1-22-19(16-11-24-25(2)14-16)20(27)23-12-18-8-3-4-9-26(18)13-15-6-5-7-17(21)10-15/h5-7,10-11,14,18-19,22H,3-4,8-9,12-13H2,1-2H3,(H,23,27). The first kappa shape index (κ1) is 19.9. The van der Waals surface area contributed by atoms with Crippen molar-refractivity contribution in [3.05, 3.63) is 52.8 Å². The first-order chi connectivity index (χ1) is 13.1. The lowest BCUT2D eigenvalue weighted by atomic mass is 10.0. The molecule has 6 nitrogen and oxygen atoms in total. The van der Waals surface area contributed by atoms with Gasteiger partial charge in [0, 0.05) is 43.0 Å². The van der Waals surface area contributed by atoms with Crippen LogP contribution in [0.1, 0.15) is 36.4 Å². The van der Waals surface area contributed by atoms with E-state index in [-0.39, 0.29) is 11.9 Å². The second-order valence-electron chi connectivity index (χ2n) is 7.16. The van der Waals surface area contributed by atoms with Gasteiger partial charge in [0.05, 0.1) is 6.20 Å².